The standard InChI is InChI=1S/C20H18N10O/c1-11-6-12(2-4-21-11)14-7-15-16(13-3-5-29(9-13)30(15)24-8-14)20(31)25-18-17-19(23-10-22-18)27-28-26-17/h2,4,6-8,10,13,16H,3,5,9H2,1H3,(H,21,24)/p+1/t13-,16?/m1/s1. The maximum atomic E-state index is 13.5. The van der Waals surface area contributed by atoms with Crippen LogP contribution in [0.15, 0.2) is 36.9 Å². The maximum absolute atomic E-state index is 13.5. The van der Waals surface area contributed by atoms with Crippen molar-refractivity contribution in [1.29, 1.82) is 0 Å². The Bertz CT molecular complexity index is 1320. The van der Waals surface area contributed by atoms with Gasteiger partial charge in [-0.1, -0.05) is 0 Å². The molecular weight excluding hydrogens is 396 g/mol. The summed E-state index contributed by atoms with van der Waals surface area (Å²) in [7, 11) is 0. The van der Waals surface area contributed by atoms with Gasteiger partial charge < -0.3 is 5.32 Å². The molecule has 2 bridgehead atoms. The number of aryl methyl sites for hydroxylation is 1. The molecule has 2 aliphatic rings. The van der Waals surface area contributed by atoms with Gasteiger partial charge in [0.1, 0.15) is 18.4 Å². The van der Waals surface area contributed by atoms with Crippen molar-refractivity contribution in [1.82, 2.24) is 35.5 Å². The number of hydrogen-bond donors (Lipinski definition) is 2. The van der Waals surface area contributed by atoms with Crippen LogP contribution in [0.3, 0.4) is 0 Å². The molecule has 0 aromatic carbocycles. The Morgan fingerprint density at radius 2 is 2.16 bits per heavy atom. The van der Waals surface area contributed by atoms with Crippen LogP contribution in [0.1, 0.15) is 23.7 Å². The van der Waals surface area contributed by atoms with Gasteiger partial charge in [0.25, 0.3) is 5.69 Å². The number of rotatable bonds is 3. The molecule has 1 saturated heterocycles. The van der Waals surface area contributed by atoms with Crippen LogP contribution in [0.25, 0.3) is 22.3 Å². The number of hydrogen-bond acceptors (Lipinski definition) is 8. The quantitative estimate of drug-likeness (QED) is 0.463. The molecule has 0 spiro atoms. The summed E-state index contributed by atoms with van der Waals surface area (Å²) in [5.41, 5.74) is 4.62. The fourth-order valence-corrected chi connectivity index (χ4v) is 4.54. The van der Waals surface area contributed by atoms with Crippen molar-refractivity contribution in [2.45, 2.75) is 19.3 Å². The lowest BCUT2D eigenvalue weighted by Gasteiger charge is -2.25. The van der Waals surface area contributed by atoms with E-state index < -0.39 is 0 Å². The third-order valence-corrected chi connectivity index (χ3v) is 5.98. The fourth-order valence-electron chi connectivity index (χ4n) is 4.54. The van der Waals surface area contributed by atoms with Crippen molar-refractivity contribution in [2.24, 2.45) is 5.92 Å². The lowest BCUT2D eigenvalue weighted by molar-refractivity contribution is -0.759. The van der Waals surface area contributed by atoms with Gasteiger partial charge in [-0.15, -0.1) is 5.10 Å². The lowest BCUT2D eigenvalue weighted by Crippen LogP contribution is -2.65. The third kappa shape index (κ3) is 2.88. The number of H-pyrrole nitrogens is 1. The Hall–Kier alpha value is -4.02. The Balaban J connectivity index is 1.41. The molecule has 11 nitrogen and oxygen atoms in total. The number of carbonyl (C=O) groups excluding carboxylic acids is 1. The molecule has 4 aromatic rings. The second kappa shape index (κ2) is 6.76. The van der Waals surface area contributed by atoms with Gasteiger partial charge in [0.2, 0.25) is 11.6 Å². The van der Waals surface area contributed by atoms with Crippen molar-refractivity contribution in [3.63, 3.8) is 0 Å². The van der Waals surface area contributed by atoms with E-state index in [1.165, 1.54) is 6.33 Å². The fraction of sp³-hybridized carbons (Fsp3) is 0.300. The minimum Gasteiger partial charge on any atom is -0.308 e. The molecule has 0 radical (unpaired) electrons. The summed E-state index contributed by atoms with van der Waals surface area (Å²) >= 11 is 0. The average Bonchev–Trinajstić information content (AvgIpc) is 3.42. The summed E-state index contributed by atoms with van der Waals surface area (Å²) in [5, 5.41) is 20.4. The van der Waals surface area contributed by atoms with Crippen LogP contribution in [-0.4, -0.2) is 54.5 Å². The summed E-state index contributed by atoms with van der Waals surface area (Å²) in [6.45, 7) is 3.62. The molecule has 1 amide bonds. The topological polar surface area (TPSA) is 129 Å². The van der Waals surface area contributed by atoms with Crippen LogP contribution >= 0.6 is 0 Å². The predicted molar refractivity (Wildman–Crippen MR) is 109 cm³/mol. The SMILES string of the molecule is Cc1cc(-c2cn[n+]3c(c2)C(C(=O)Nc2ncnc4n[nH]nc24)[C@@H]2CCN3C2)ccn1. The van der Waals surface area contributed by atoms with Crippen LogP contribution in [0.5, 0.6) is 0 Å². The smallest absolute Gasteiger partial charge is 0.255 e. The van der Waals surface area contributed by atoms with Crippen molar-refractivity contribution in [3.05, 3.63) is 48.3 Å². The average molecular weight is 415 g/mol. The number of pyridine rings is 1. The highest BCUT2D eigenvalue weighted by Gasteiger charge is 2.49. The van der Waals surface area contributed by atoms with E-state index in [4.69, 9.17) is 0 Å². The van der Waals surface area contributed by atoms with Crippen molar-refractivity contribution < 1.29 is 9.59 Å². The number of fused-ring (bicyclic) bond motifs is 5. The highest BCUT2D eigenvalue weighted by molar-refractivity contribution is 5.99. The number of carbonyl (C=O) groups is 1. The first-order chi connectivity index (χ1) is 15.2. The number of nitrogens with zero attached hydrogens (tertiary/aromatic N) is 8. The van der Waals surface area contributed by atoms with Gasteiger partial charge in [-0.3, -0.25) is 9.78 Å². The van der Waals surface area contributed by atoms with Crippen LogP contribution < -0.4 is 15.1 Å². The number of aromatic nitrogens is 8. The van der Waals surface area contributed by atoms with Crippen molar-refractivity contribution in [2.75, 3.05) is 23.4 Å². The van der Waals surface area contributed by atoms with Gasteiger partial charge in [0.15, 0.2) is 11.3 Å². The second-order valence-corrected chi connectivity index (χ2v) is 7.89. The van der Waals surface area contributed by atoms with Gasteiger partial charge in [0.05, 0.1) is 13.1 Å². The summed E-state index contributed by atoms with van der Waals surface area (Å²) in [6, 6.07) is 6.03. The zero-order valence-electron chi connectivity index (χ0n) is 16.7. The normalized spacial score (nSPS) is 19.5. The molecule has 0 aliphatic carbocycles. The minimum atomic E-state index is -0.356. The first-order valence-electron chi connectivity index (χ1n) is 10.1. The van der Waals surface area contributed by atoms with E-state index >= 15 is 0 Å². The van der Waals surface area contributed by atoms with E-state index in [2.05, 4.69) is 51.9 Å². The van der Waals surface area contributed by atoms with Gasteiger partial charge in [0, 0.05) is 39.3 Å². The molecule has 11 heteroatoms. The monoisotopic (exact) mass is 415 g/mol. The molecule has 4 aromatic heterocycles. The van der Waals surface area contributed by atoms with Gasteiger partial charge in [-0.2, -0.15) is 15.3 Å². The van der Waals surface area contributed by atoms with Crippen molar-refractivity contribution in [3.8, 4) is 11.1 Å². The van der Waals surface area contributed by atoms with Crippen molar-refractivity contribution >= 4 is 22.9 Å². The van der Waals surface area contributed by atoms with E-state index in [0.717, 1.165) is 42.0 Å². The number of aromatic amines is 1. The van der Waals surface area contributed by atoms with Crippen LogP contribution in [-0.2, 0) is 4.79 Å². The van der Waals surface area contributed by atoms with E-state index in [1.54, 1.807) is 6.20 Å². The van der Waals surface area contributed by atoms with E-state index in [9.17, 15) is 4.79 Å². The zero-order chi connectivity index (χ0) is 20.9. The minimum absolute atomic E-state index is 0.131. The maximum Gasteiger partial charge on any atom is 0.255 e. The molecule has 6 heterocycles. The summed E-state index contributed by atoms with van der Waals surface area (Å²) in [5.74, 6) is 0.0645. The third-order valence-electron chi connectivity index (χ3n) is 5.98. The van der Waals surface area contributed by atoms with E-state index in [1.807, 2.05) is 30.0 Å². The van der Waals surface area contributed by atoms with Crippen LogP contribution in [0, 0.1) is 12.8 Å². The summed E-state index contributed by atoms with van der Waals surface area (Å²) in [6.07, 6.45) is 5.92. The van der Waals surface area contributed by atoms with Crippen LogP contribution in [0.2, 0.25) is 0 Å². The number of nitrogens with one attached hydrogen (secondary N) is 2. The molecule has 1 unspecified atom stereocenters. The predicted octanol–water partition coefficient (Wildman–Crippen LogP) is 0.495. The highest BCUT2D eigenvalue weighted by atomic mass is 16.2. The number of amides is 1. The highest BCUT2D eigenvalue weighted by Crippen LogP contribution is 2.35. The Morgan fingerprint density at radius 3 is 3.06 bits per heavy atom. The Labute approximate surface area is 176 Å². The first kappa shape index (κ1) is 17.8. The van der Waals surface area contributed by atoms with Gasteiger partial charge >= 0.3 is 0 Å². The molecule has 1 fully saturated rings. The molecule has 2 N–H and O–H groups in total. The Kier molecular flexibility index (Phi) is 3.88. The molecule has 154 valence electrons. The largest absolute Gasteiger partial charge is 0.308 e. The zero-order valence-corrected chi connectivity index (χ0v) is 16.7. The number of anilines is 1. The summed E-state index contributed by atoms with van der Waals surface area (Å²) < 4.78 is 0. The second-order valence-electron chi connectivity index (χ2n) is 7.89. The summed E-state index contributed by atoms with van der Waals surface area (Å²) in [4.78, 5) is 27.9. The molecule has 31 heavy (non-hydrogen) atoms. The van der Waals surface area contributed by atoms with Gasteiger partial charge in [-0.25, -0.2) is 9.97 Å². The van der Waals surface area contributed by atoms with Gasteiger partial charge in [-0.05, 0) is 31.0 Å². The molecular formula is C20H19N10O+. The molecule has 0 saturated carbocycles. The molecule has 2 aliphatic heterocycles. The molecule has 2 atom stereocenters. The van der Waals surface area contributed by atoms with E-state index in [-0.39, 0.29) is 17.7 Å². The first-order valence-corrected chi connectivity index (χ1v) is 10.1. The lowest BCUT2D eigenvalue weighted by atomic mass is 9.86. The Morgan fingerprint density at radius 1 is 1.23 bits per heavy atom. The molecule has 6 rings (SSSR count). The van der Waals surface area contributed by atoms with E-state index in [0.29, 0.717) is 17.0 Å². The van der Waals surface area contributed by atoms with Crippen LogP contribution in [0.4, 0.5) is 5.82 Å².